The van der Waals surface area contributed by atoms with Gasteiger partial charge in [0, 0.05) is 25.8 Å². The number of benzene rings is 1. The minimum absolute atomic E-state index is 0. The maximum atomic E-state index is 10.3. The summed E-state index contributed by atoms with van der Waals surface area (Å²) in [4.78, 5) is 10.3. The average molecular weight is 317 g/mol. The van der Waals surface area contributed by atoms with Gasteiger partial charge >= 0.3 is 5.97 Å². The molecular formula is C7H6HfO3. The number of aromatic hydroxyl groups is 1. The fraction of sp³-hybridized carbons (Fsp3) is 0. The topological polar surface area (TPSA) is 57.5 Å². The molecule has 2 N–H and O–H groups in total. The monoisotopic (exact) mass is 318 g/mol. The molecule has 0 heterocycles. The van der Waals surface area contributed by atoms with E-state index in [-0.39, 0.29) is 37.2 Å². The second kappa shape index (κ2) is 4.28. The van der Waals surface area contributed by atoms with Crippen LogP contribution in [0, 0.1) is 0 Å². The first kappa shape index (κ1) is 10.4. The molecule has 3 nitrogen and oxygen atoms in total. The SMILES string of the molecule is O=C(O)c1ccccc1O.[Hf]. The summed E-state index contributed by atoms with van der Waals surface area (Å²) in [5.74, 6) is -1.31. The van der Waals surface area contributed by atoms with Gasteiger partial charge in [0.1, 0.15) is 11.3 Å². The molecule has 0 saturated carbocycles. The zero-order valence-corrected chi connectivity index (χ0v) is 9.20. The maximum absolute atomic E-state index is 10.3. The summed E-state index contributed by atoms with van der Waals surface area (Å²) in [7, 11) is 0. The minimum atomic E-state index is -1.11. The van der Waals surface area contributed by atoms with E-state index in [9.17, 15) is 4.79 Å². The van der Waals surface area contributed by atoms with Crippen LogP contribution in [0.3, 0.4) is 0 Å². The quantitative estimate of drug-likeness (QED) is 0.763. The van der Waals surface area contributed by atoms with Crippen molar-refractivity contribution >= 4 is 5.97 Å². The van der Waals surface area contributed by atoms with E-state index >= 15 is 0 Å². The van der Waals surface area contributed by atoms with E-state index in [1.165, 1.54) is 12.1 Å². The van der Waals surface area contributed by atoms with Gasteiger partial charge in [-0.2, -0.15) is 0 Å². The molecule has 0 fully saturated rings. The van der Waals surface area contributed by atoms with Gasteiger partial charge in [-0.3, -0.25) is 0 Å². The van der Waals surface area contributed by atoms with E-state index in [0.717, 1.165) is 0 Å². The smallest absolute Gasteiger partial charge is 0.339 e. The fourth-order valence-corrected chi connectivity index (χ4v) is 0.654. The van der Waals surface area contributed by atoms with Gasteiger partial charge in [0.25, 0.3) is 0 Å². The van der Waals surface area contributed by atoms with Crippen molar-refractivity contribution in [1.82, 2.24) is 0 Å². The molecule has 0 aliphatic rings. The third-order valence-corrected chi connectivity index (χ3v) is 1.13. The number of aromatic carboxylic acids is 1. The molecule has 0 radical (unpaired) electrons. The predicted octanol–water partition coefficient (Wildman–Crippen LogP) is 1.09. The molecule has 0 saturated heterocycles. The Labute approximate surface area is 82.5 Å². The van der Waals surface area contributed by atoms with Gasteiger partial charge in [-0.15, -0.1) is 0 Å². The second-order valence-corrected chi connectivity index (χ2v) is 1.82. The molecule has 0 atom stereocenters. The summed E-state index contributed by atoms with van der Waals surface area (Å²) < 4.78 is 0. The molecule has 0 bridgehead atoms. The molecule has 0 aliphatic heterocycles. The van der Waals surface area contributed by atoms with Crippen molar-refractivity contribution in [2.75, 3.05) is 0 Å². The van der Waals surface area contributed by atoms with Crippen LogP contribution in [-0.2, 0) is 25.8 Å². The summed E-state index contributed by atoms with van der Waals surface area (Å²) in [6, 6.07) is 5.81. The Morgan fingerprint density at radius 2 is 1.82 bits per heavy atom. The molecule has 1 rings (SSSR count). The molecule has 0 aromatic heterocycles. The zero-order valence-electron chi connectivity index (χ0n) is 5.61. The average Bonchev–Trinajstić information content (AvgIpc) is 1.88. The first-order valence-corrected chi connectivity index (χ1v) is 2.73. The van der Waals surface area contributed by atoms with Crippen LogP contribution < -0.4 is 0 Å². The van der Waals surface area contributed by atoms with Gasteiger partial charge in [0.2, 0.25) is 0 Å². The summed E-state index contributed by atoms with van der Waals surface area (Å²) in [5.41, 5.74) is -0.0671. The number of hydrogen-bond donors (Lipinski definition) is 2. The van der Waals surface area contributed by atoms with E-state index in [1.54, 1.807) is 12.1 Å². The van der Waals surface area contributed by atoms with Crippen LogP contribution in [0.2, 0.25) is 0 Å². The molecule has 0 spiro atoms. The Hall–Kier alpha value is -0.640. The Balaban J connectivity index is 0.000001000. The van der Waals surface area contributed by atoms with Crippen LogP contribution in [-0.4, -0.2) is 16.2 Å². The standard InChI is InChI=1S/C7H6O3.Hf/c8-6-4-2-1-3-5(6)7(9)10;/h1-4,8H,(H,9,10);. The largest absolute Gasteiger partial charge is 0.507 e. The summed E-state index contributed by atoms with van der Waals surface area (Å²) in [5, 5.41) is 17.3. The van der Waals surface area contributed by atoms with Crippen molar-refractivity contribution < 1.29 is 40.9 Å². The molecule has 0 aliphatic carbocycles. The van der Waals surface area contributed by atoms with Gasteiger partial charge in [0.05, 0.1) is 0 Å². The Kier molecular flexibility index (Phi) is 4.03. The van der Waals surface area contributed by atoms with Crippen molar-refractivity contribution in [1.29, 1.82) is 0 Å². The summed E-state index contributed by atoms with van der Waals surface area (Å²) >= 11 is 0. The first-order valence-electron chi connectivity index (χ1n) is 2.73. The molecular weight excluding hydrogens is 311 g/mol. The van der Waals surface area contributed by atoms with Crippen molar-refractivity contribution in [2.24, 2.45) is 0 Å². The normalized spacial score (nSPS) is 8.36. The first-order chi connectivity index (χ1) is 4.72. The van der Waals surface area contributed by atoms with Gasteiger partial charge in [-0.05, 0) is 12.1 Å². The number of rotatable bonds is 1. The van der Waals surface area contributed by atoms with Gasteiger partial charge in [-0.25, -0.2) is 4.79 Å². The molecule has 4 heteroatoms. The molecule has 0 unspecified atom stereocenters. The predicted molar refractivity (Wildman–Crippen MR) is 35.1 cm³/mol. The van der Waals surface area contributed by atoms with Gasteiger partial charge in [0.15, 0.2) is 0 Å². The van der Waals surface area contributed by atoms with E-state index in [0.29, 0.717) is 0 Å². The van der Waals surface area contributed by atoms with Crippen LogP contribution in [0.5, 0.6) is 5.75 Å². The van der Waals surface area contributed by atoms with E-state index < -0.39 is 5.97 Å². The number of phenols is 1. The fourth-order valence-electron chi connectivity index (χ4n) is 0.654. The number of carbonyl (C=O) groups is 1. The Bertz CT molecular complexity index is 260. The third-order valence-electron chi connectivity index (χ3n) is 1.13. The second-order valence-electron chi connectivity index (χ2n) is 1.82. The number of para-hydroxylation sites is 1. The zero-order chi connectivity index (χ0) is 7.56. The van der Waals surface area contributed by atoms with Crippen LogP contribution in [0.15, 0.2) is 24.3 Å². The van der Waals surface area contributed by atoms with Crippen LogP contribution >= 0.6 is 0 Å². The molecule has 11 heavy (non-hydrogen) atoms. The molecule has 56 valence electrons. The van der Waals surface area contributed by atoms with Crippen LogP contribution in [0.25, 0.3) is 0 Å². The Morgan fingerprint density at radius 3 is 2.18 bits per heavy atom. The Morgan fingerprint density at radius 1 is 1.27 bits per heavy atom. The minimum Gasteiger partial charge on any atom is -0.507 e. The van der Waals surface area contributed by atoms with E-state index in [1.807, 2.05) is 0 Å². The van der Waals surface area contributed by atoms with Crippen molar-refractivity contribution in [2.45, 2.75) is 0 Å². The molecule has 1 aromatic carbocycles. The molecule has 1 aromatic rings. The third kappa shape index (κ3) is 2.46. The summed E-state index contributed by atoms with van der Waals surface area (Å²) in [6.07, 6.45) is 0. The maximum Gasteiger partial charge on any atom is 0.339 e. The number of carboxylic acid groups (broad SMARTS) is 1. The number of carboxylic acids is 1. The molecule has 0 amide bonds. The van der Waals surface area contributed by atoms with Gasteiger partial charge < -0.3 is 10.2 Å². The van der Waals surface area contributed by atoms with Crippen molar-refractivity contribution in [3.05, 3.63) is 29.8 Å². The van der Waals surface area contributed by atoms with Crippen molar-refractivity contribution in [3.63, 3.8) is 0 Å². The van der Waals surface area contributed by atoms with E-state index in [2.05, 4.69) is 0 Å². The van der Waals surface area contributed by atoms with Crippen LogP contribution in [0.1, 0.15) is 10.4 Å². The van der Waals surface area contributed by atoms with Gasteiger partial charge in [-0.1, -0.05) is 12.1 Å². The van der Waals surface area contributed by atoms with E-state index in [4.69, 9.17) is 10.2 Å². The number of hydrogen-bond acceptors (Lipinski definition) is 2. The summed E-state index contributed by atoms with van der Waals surface area (Å²) in [6.45, 7) is 0. The van der Waals surface area contributed by atoms with Crippen molar-refractivity contribution in [3.8, 4) is 5.75 Å². The van der Waals surface area contributed by atoms with Crippen LogP contribution in [0.4, 0.5) is 0 Å².